The highest BCUT2D eigenvalue weighted by Gasteiger charge is 2.15. The fourth-order valence-electron chi connectivity index (χ4n) is 1.59. The van der Waals surface area contributed by atoms with E-state index in [1.807, 2.05) is 0 Å². The number of carboxylic acid groups (broad SMARTS) is 1. The molecule has 2 aromatic rings. The Balaban J connectivity index is 2.61. The first-order valence-electron chi connectivity index (χ1n) is 5.02. The number of hydrogen-bond donors (Lipinski definition) is 1. The molecule has 0 aliphatic rings. The second kappa shape index (κ2) is 4.25. The summed E-state index contributed by atoms with van der Waals surface area (Å²) in [6.07, 6.45) is 1.47. The summed E-state index contributed by atoms with van der Waals surface area (Å²) in [4.78, 5) is 22.3. The number of aromatic carboxylic acids is 1. The molecular formula is C13H10O4. The van der Waals surface area contributed by atoms with Gasteiger partial charge in [-0.25, -0.2) is 4.79 Å². The van der Waals surface area contributed by atoms with E-state index in [1.165, 1.54) is 19.3 Å². The Hall–Kier alpha value is -2.36. The minimum absolute atomic E-state index is 0.0626. The Morgan fingerprint density at radius 1 is 1.24 bits per heavy atom. The molecular weight excluding hydrogens is 220 g/mol. The first kappa shape index (κ1) is 11.1. The van der Waals surface area contributed by atoms with Gasteiger partial charge in [0.25, 0.3) is 0 Å². The van der Waals surface area contributed by atoms with Crippen LogP contribution in [-0.2, 0) is 0 Å². The van der Waals surface area contributed by atoms with Crippen LogP contribution in [0.4, 0.5) is 0 Å². The van der Waals surface area contributed by atoms with Crippen LogP contribution >= 0.6 is 0 Å². The third-order valence-electron chi connectivity index (χ3n) is 2.44. The lowest BCUT2D eigenvalue weighted by atomic mass is 10.0. The van der Waals surface area contributed by atoms with Crippen molar-refractivity contribution in [3.05, 3.63) is 47.7 Å². The van der Waals surface area contributed by atoms with E-state index in [4.69, 9.17) is 9.52 Å². The molecule has 0 saturated carbocycles. The van der Waals surface area contributed by atoms with Gasteiger partial charge in [-0.2, -0.15) is 0 Å². The number of rotatable bonds is 3. The third-order valence-corrected chi connectivity index (χ3v) is 2.44. The molecule has 0 amide bonds. The first-order valence-corrected chi connectivity index (χ1v) is 5.02. The maximum atomic E-state index is 11.2. The maximum Gasteiger partial charge on any atom is 0.336 e. The quantitative estimate of drug-likeness (QED) is 0.823. The summed E-state index contributed by atoms with van der Waals surface area (Å²) < 4.78 is 5.16. The van der Waals surface area contributed by atoms with Crippen molar-refractivity contribution >= 4 is 11.8 Å². The van der Waals surface area contributed by atoms with Gasteiger partial charge < -0.3 is 9.52 Å². The Bertz CT molecular complexity index is 567. The molecule has 2 rings (SSSR count). The predicted octanol–water partition coefficient (Wildman–Crippen LogP) is 2.85. The van der Waals surface area contributed by atoms with E-state index in [2.05, 4.69) is 0 Å². The van der Waals surface area contributed by atoms with Gasteiger partial charge in [0.2, 0.25) is 0 Å². The van der Waals surface area contributed by atoms with Gasteiger partial charge >= 0.3 is 5.97 Å². The Morgan fingerprint density at radius 2 is 2.00 bits per heavy atom. The number of carboxylic acids is 1. The molecule has 0 bridgehead atoms. The van der Waals surface area contributed by atoms with E-state index in [0.717, 1.165) is 0 Å². The van der Waals surface area contributed by atoms with E-state index < -0.39 is 5.97 Å². The van der Waals surface area contributed by atoms with Crippen LogP contribution in [0.2, 0.25) is 0 Å². The Morgan fingerprint density at radius 3 is 2.53 bits per heavy atom. The average Bonchev–Trinajstić information content (AvgIpc) is 2.81. The van der Waals surface area contributed by atoms with Gasteiger partial charge in [-0.1, -0.05) is 6.07 Å². The largest absolute Gasteiger partial charge is 0.478 e. The number of carbonyl (C=O) groups excluding carboxylic acids is 1. The first-order chi connectivity index (χ1) is 8.09. The van der Waals surface area contributed by atoms with Crippen LogP contribution in [-0.4, -0.2) is 16.9 Å². The van der Waals surface area contributed by atoms with Gasteiger partial charge in [0.1, 0.15) is 5.76 Å². The molecule has 1 aromatic heterocycles. The molecule has 0 radical (unpaired) electrons. The molecule has 0 aliphatic carbocycles. The number of hydrogen-bond acceptors (Lipinski definition) is 3. The fourth-order valence-corrected chi connectivity index (χ4v) is 1.59. The second-order valence-corrected chi connectivity index (χ2v) is 3.60. The molecule has 0 spiro atoms. The lowest BCUT2D eigenvalue weighted by Gasteiger charge is -2.05. The van der Waals surface area contributed by atoms with Gasteiger partial charge in [-0.05, 0) is 31.2 Å². The number of Topliss-reactive ketones (excluding diaryl/α,β-unsaturated/α-hetero) is 1. The molecule has 0 aliphatic heterocycles. The highest BCUT2D eigenvalue weighted by molar-refractivity contribution is 6.01. The fraction of sp³-hybridized carbons (Fsp3) is 0.0769. The van der Waals surface area contributed by atoms with Crippen molar-refractivity contribution in [3.63, 3.8) is 0 Å². The van der Waals surface area contributed by atoms with Crippen LogP contribution in [0.5, 0.6) is 0 Å². The molecule has 0 fully saturated rings. The number of furan rings is 1. The smallest absolute Gasteiger partial charge is 0.336 e. The Labute approximate surface area is 97.5 Å². The maximum absolute atomic E-state index is 11.2. The van der Waals surface area contributed by atoms with Crippen LogP contribution in [0.15, 0.2) is 41.0 Å². The van der Waals surface area contributed by atoms with Crippen molar-refractivity contribution in [1.29, 1.82) is 0 Å². The summed E-state index contributed by atoms with van der Waals surface area (Å²) >= 11 is 0. The van der Waals surface area contributed by atoms with Crippen molar-refractivity contribution in [2.45, 2.75) is 6.92 Å². The van der Waals surface area contributed by atoms with Crippen LogP contribution in [0.3, 0.4) is 0 Å². The minimum Gasteiger partial charge on any atom is -0.478 e. The molecule has 17 heavy (non-hydrogen) atoms. The average molecular weight is 230 g/mol. The molecule has 4 nitrogen and oxygen atoms in total. The van der Waals surface area contributed by atoms with E-state index in [9.17, 15) is 9.59 Å². The molecule has 0 saturated heterocycles. The topological polar surface area (TPSA) is 67.5 Å². The van der Waals surface area contributed by atoms with Crippen molar-refractivity contribution in [2.75, 3.05) is 0 Å². The van der Waals surface area contributed by atoms with Crippen LogP contribution < -0.4 is 0 Å². The summed E-state index contributed by atoms with van der Waals surface area (Å²) in [7, 11) is 0. The highest BCUT2D eigenvalue weighted by atomic mass is 16.4. The number of carbonyl (C=O) groups is 2. The van der Waals surface area contributed by atoms with E-state index >= 15 is 0 Å². The van der Waals surface area contributed by atoms with Gasteiger partial charge in [0, 0.05) is 11.1 Å². The zero-order valence-electron chi connectivity index (χ0n) is 9.14. The van der Waals surface area contributed by atoms with Gasteiger partial charge in [0.15, 0.2) is 5.78 Å². The number of benzene rings is 1. The van der Waals surface area contributed by atoms with E-state index in [0.29, 0.717) is 16.9 Å². The minimum atomic E-state index is -1.08. The molecule has 0 unspecified atom stereocenters. The lowest BCUT2D eigenvalue weighted by molar-refractivity contribution is 0.0697. The van der Waals surface area contributed by atoms with E-state index in [-0.39, 0.29) is 11.3 Å². The van der Waals surface area contributed by atoms with Crippen molar-refractivity contribution < 1.29 is 19.1 Å². The van der Waals surface area contributed by atoms with Crippen molar-refractivity contribution in [2.24, 2.45) is 0 Å². The van der Waals surface area contributed by atoms with Crippen molar-refractivity contribution in [1.82, 2.24) is 0 Å². The Kier molecular flexibility index (Phi) is 2.78. The standard InChI is InChI=1S/C13H10O4/c1-8(14)9-4-5-10(11(7-9)13(15)16)12-3-2-6-17-12/h2-7H,1H3,(H,15,16). The molecule has 0 atom stereocenters. The zero-order valence-corrected chi connectivity index (χ0v) is 9.14. The molecule has 1 aromatic carbocycles. The second-order valence-electron chi connectivity index (χ2n) is 3.60. The van der Waals surface area contributed by atoms with Crippen LogP contribution in [0.1, 0.15) is 27.6 Å². The summed E-state index contributed by atoms with van der Waals surface area (Å²) in [6.45, 7) is 1.40. The summed E-state index contributed by atoms with van der Waals surface area (Å²) in [6, 6.07) is 7.89. The van der Waals surface area contributed by atoms with Gasteiger partial charge in [-0.3, -0.25) is 4.79 Å². The molecule has 4 heteroatoms. The normalized spacial score (nSPS) is 10.2. The monoisotopic (exact) mass is 230 g/mol. The van der Waals surface area contributed by atoms with Gasteiger partial charge in [-0.15, -0.1) is 0 Å². The third kappa shape index (κ3) is 2.10. The van der Waals surface area contributed by atoms with Crippen molar-refractivity contribution in [3.8, 4) is 11.3 Å². The SMILES string of the molecule is CC(=O)c1ccc(-c2ccco2)c(C(=O)O)c1. The molecule has 1 heterocycles. The number of ketones is 1. The zero-order chi connectivity index (χ0) is 12.4. The lowest BCUT2D eigenvalue weighted by Crippen LogP contribution is -2.02. The van der Waals surface area contributed by atoms with Gasteiger partial charge in [0.05, 0.1) is 11.8 Å². The highest BCUT2D eigenvalue weighted by Crippen LogP contribution is 2.25. The van der Waals surface area contributed by atoms with Crippen LogP contribution in [0.25, 0.3) is 11.3 Å². The molecule has 86 valence electrons. The van der Waals surface area contributed by atoms with E-state index in [1.54, 1.807) is 24.3 Å². The van der Waals surface area contributed by atoms with Crippen LogP contribution in [0, 0.1) is 0 Å². The summed E-state index contributed by atoms with van der Waals surface area (Å²) in [5, 5.41) is 9.12. The summed E-state index contributed by atoms with van der Waals surface area (Å²) in [5.41, 5.74) is 0.901. The predicted molar refractivity (Wildman–Crippen MR) is 61.1 cm³/mol. The molecule has 1 N–H and O–H groups in total. The summed E-state index contributed by atoms with van der Waals surface area (Å²) in [5.74, 6) is -0.782.